The van der Waals surface area contributed by atoms with Crippen LogP contribution >= 0.6 is 15.9 Å². The van der Waals surface area contributed by atoms with Crippen molar-refractivity contribution in [3.8, 4) is 5.88 Å². The van der Waals surface area contributed by atoms with E-state index in [0.29, 0.717) is 18.4 Å². The highest BCUT2D eigenvalue weighted by molar-refractivity contribution is 9.10. The van der Waals surface area contributed by atoms with Gasteiger partial charge in [0.1, 0.15) is 16.5 Å². The lowest BCUT2D eigenvalue weighted by molar-refractivity contribution is 0.137. The number of rotatable bonds is 3. The molecule has 1 unspecified atom stereocenters. The maximum Gasteiger partial charge on any atom is 0.218 e. The predicted octanol–water partition coefficient (Wildman–Crippen LogP) is 2.53. The van der Waals surface area contributed by atoms with E-state index in [1.165, 1.54) is 0 Å². The summed E-state index contributed by atoms with van der Waals surface area (Å²) < 4.78 is 11.8. The Balaban J connectivity index is 2.13. The molecular weight excluding hydrogens is 272 g/mol. The van der Waals surface area contributed by atoms with Crippen LogP contribution in [0.3, 0.4) is 0 Å². The summed E-state index contributed by atoms with van der Waals surface area (Å²) in [4.78, 5) is 8.68. The van der Waals surface area contributed by atoms with Gasteiger partial charge in [0.05, 0.1) is 13.2 Å². The quantitative estimate of drug-likeness (QED) is 0.801. The number of ether oxygens (including phenoxy) is 2. The van der Waals surface area contributed by atoms with Crippen molar-refractivity contribution in [1.82, 2.24) is 9.97 Å². The van der Waals surface area contributed by atoms with Crippen LogP contribution in [0, 0.1) is 0 Å². The summed E-state index contributed by atoms with van der Waals surface area (Å²) in [7, 11) is 0. The Morgan fingerprint density at radius 2 is 2.31 bits per heavy atom. The van der Waals surface area contributed by atoms with Crippen LogP contribution in [-0.4, -0.2) is 29.3 Å². The molecule has 1 aromatic rings. The average molecular weight is 287 g/mol. The van der Waals surface area contributed by atoms with Crippen LogP contribution in [0.25, 0.3) is 0 Å². The van der Waals surface area contributed by atoms with Gasteiger partial charge in [-0.25, -0.2) is 4.98 Å². The molecule has 2 rings (SSSR count). The molecule has 1 aliphatic heterocycles. The Morgan fingerprint density at radius 1 is 1.50 bits per heavy atom. The monoisotopic (exact) mass is 286 g/mol. The average Bonchev–Trinajstić information content (AvgIpc) is 2.69. The van der Waals surface area contributed by atoms with E-state index in [4.69, 9.17) is 9.47 Å². The normalized spacial score (nSPS) is 20.4. The van der Waals surface area contributed by atoms with E-state index in [2.05, 4.69) is 39.7 Å². The molecule has 0 aromatic carbocycles. The van der Waals surface area contributed by atoms with Gasteiger partial charge in [-0.1, -0.05) is 13.8 Å². The Morgan fingerprint density at radius 3 is 2.94 bits per heavy atom. The largest absolute Gasteiger partial charge is 0.472 e. The highest BCUT2D eigenvalue weighted by Gasteiger charge is 2.18. The number of aromatic nitrogens is 2. The SMILES string of the molecule is CC(C)c1nc(Br)cc(OC2CCOC2)n1. The molecule has 16 heavy (non-hydrogen) atoms. The van der Waals surface area contributed by atoms with Gasteiger partial charge in [-0.3, -0.25) is 0 Å². The first-order valence-corrected chi connectivity index (χ1v) is 6.23. The topological polar surface area (TPSA) is 44.2 Å². The first-order chi connectivity index (χ1) is 7.65. The van der Waals surface area contributed by atoms with Crippen LogP contribution in [-0.2, 0) is 4.74 Å². The molecule has 88 valence electrons. The smallest absolute Gasteiger partial charge is 0.218 e. The van der Waals surface area contributed by atoms with Crippen molar-refractivity contribution in [3.05, 3.63) is 16.5 Å². The molecule has 4 nitrogen and oxygen atoms in total. The third-order valence-electron chi connectivity index (χ3n) is 2.38. The molecule has 1 atom stereocenters. The second kappa shape index (κ2) is 5.10. The highest BCUT2D eigenvalue weighted by Crippen LogP contribution is 2.21. The summed E-state index contributed by atoms with van der Waals surface area (Å²) in [5.74, 6) is 1.71. The Labute approximate surface area is 104 Å². The van der Waals surface area contributed by atoms with E-state index in [0.717, 1.165) is 23.5 Å². The van der Waals surface area contributed by atoms with Gasteiger partial charge in [0, 0.05) is 18.4 Å². The minimum absolute atomic E-state index is 0.127. The van der Waals surface area contributed by atoms with E-state index < -0.39 is 0 Å². The second-order valence-corrected chi connectivity index (χ2v) is 4.96. The number of hydrogen-bond donors (Lipinski definition) is 0. The van der Waals surface area contributed by atoms with Crippen molar-refractivity contribution in [3.63, 3.8) is 0 Å². The van der Waals surface area contributed by atoms with Gasteiger partial charge in [0.2, 0.25) is 5.88 Å². The summed E-state index contributed by atoms with van der Waals surface area (Å²) in [5.41, 5.74) is 0. The fourth-order valence-electron chi connectivity index (χ4n) is 1.51. The van der Waals surface area contributed by atoms with E-state index in [-0.39, 0.29) is 6.10 Å². The molecule has 0 radical (unpaired) electrons. The molecular formula is C11H15BrN2O2. The van der Waals surface area contributed by atoms with Gasteiger partial charge < -0.3 is 9.47 Å². The second-order valence-electron chi connectivity index (χ2n) is 4.15. The summed E-state index contributed by atoms with van der Waals surface area (Å²) in [6.07, 6.45) is 1.06. The van der Waals surface area contributed by atoms with Crippen LogP contribution in [0.2, 0.25) is 0 Å². The van der Waals surface area contributed by atoms with Gasteiger partial charge in [0.25, 0.3) is 0 Å². The van der Waals surface area contributed by atoms with E-state index >= 15 is 0 Å². The molecule has 0 bridgehead atoms. The third-order valence-corrected chi connectivity index (χ3v) is 2.79. The predicted molar refractivity (Wildman–Crippen MR) is 63.7 cm³/mol. The molecule has 2 heterocycles. The number of nitrogens with zero attached hydrogens (tertiary/aromatic N) is 2. The molecule has 0 N–H and O–H groups in total. The van der Waals surface area contributed by atoms with Gasteiger partial charge in [-0.05, 0) is 15.9 Å². The summed E-state index contributed by atoms with van der Waals surface area (Å²) in [5, 5.41) is 0. The van der Waals surface area contributed by atoms with Crippen molar-refractivity contribution in [2.75, 3.05) is 13.2 Å². The molecule has 0 spiro atoms. The molecule has 0 amide bonds. The zero-order valence-electron chi connectivity index (χ0n) is 9.44. The first kappa shape index (κ1) is 11.8. The van der Waals surface area contributed by atoms with Crippen molar-refractivity contribution in [1.29, 1.82) is 0 Å². The molecule has 1 aliphatic rings. The maximum absolute atomic E-state index is 5.74. The van der Waals surface area contributed by atoms with Crippen LogP contribution in [0.1, 0.15) is 32.0 Å². The number of hydrogen-bond acceptors (Lipinski definition) is 4. The van der Waals surface area contributed by atoms with Crippen LogP contribution < -0.4 is 4.74 Å². The third kappa shape index (κ3) is 2.92. The maximum atomic E-state index is 5.74. The lowest BCUT2D eigenvalue weighted by atomic mass is 10.2. The fraction of sp³-hybridized carbons (Fsp3) is 0.636. The minimum atomic E-state index is 0.127. The van der Waals surface area contributed by atoms with E-state index in [1.54, 1.807) is 6.07 Å². The van der Waals surface area contributed by atoms with Gasteiger partial charge in [-0.2, -0.15) is 4.98 Å². The summed E-state index contributed by atoms with van der Waals surface area (Å²) in [6, 6.07) is 1.80. The van der Waals surface area contributed by atoms with E-state index in [1.807, 2.05) is 0 Å². The Bertz CT molecular complexity index is 365. The van der Waals surface area contributed by atoms with Crippen LogP contribution in [0.15, 0.2) is 10.7 Å². The van der Waals surface area contributed by atoms with Crippen molar-refractivity contribution >= 4 is 15.9 Å². The summed E-state index contributed by atoms with van der Waals surface area (Å²) in [6.45, 7) is 5.54. The number of halogens is 1. The lowest BCUT2D eigenvalue weighted by Crippen LogP contribution is -2.17. The zero-order chi connectivity index (χ0) is 11.5. The van der Waals surface area contributed by atoms with Gasteiger partial charge in [0.15, 0.2) is 0 Å². The van der Waals surface area contributed by atoms with Crippen LogP contribution in [0.5, 0.6) is 5.88 Å². The molecule has 1 fully saturated rings. The lowest BCUT2D eigenvalue weighted by Gasteiger charge is -2.12. The van der Waals surface area contributed by atoms with Gasteiger partial charge >= 0.3 is 0 Å². The van der Waals surface area contributed by atoms with Crippen molar-refractivity contribution in [2.24, 2.45) is 0 Å². The van der Waals surface area contributed by atoms with Crippen LogP contribution in [0.4, 0.5) is 0 Å². The molecule has 0 aliphatic carbocycles. The first-order valence-electron chi connectivity index (χ1n) is 5.44. The fourth-order valence-corrected chi connectivity index (χ4v) is 1.89. The Kier molecular flexibility index (Phi) is 3.76. The Hall–Kier alpha value is -0.680. The van der Waals surface area contributed by atoms with E-state index in [9.17, 15) is 0 Å². The highest BCUT2D eigenvalue weighted by atomic mass is 79.9. The standard InChI is InChI=1S/C11H15BrN2O2/c1-7(2)11-13-9(12)5-10(14-11)16-8-3-4-15-6-8/h5,7-8H,3-4,6H2,1-2H3. The van der Waals surface area contributed by atoms with Crippen molar-refractivity contribution in [2.45, 2.75) is 32.3 Å². The molecule has 1 aromatic heterocycles. The summed E-state index contributed by atoms with van der Waals surface area (Å²) >= 11 is 3.37. The van der Waals surface area contributed by atoms with Crippen molar-refractivity contribution < 1.29 is 9.47 Å². The minimum Gasteiger partial charge on any atom is -0.472 e. The molecule has 1 saturated heterocycles. The zero-order valence-corrected chi connectivity index (χ0v) is 11.0. The molecule has 5 heteroatoms. The van der Waals surface area contributed by atoms with Gasteiger partial charge in [-0.15, -0.1) is 0 Å². The molecule has 0 saturated carbocycles.